The summed E-state index contributed by atoms with van der Waals surface area (Å²) in [5.41, 5.74) is 9.27. The Morgan fingerprint density at radius 3 is 2.66 bits per heavy atom. The van der Waals surface area contributed by atoms with Crippen molar-refractivity contribution in [1.82, 2.24) is 15.1 Å². The molecule has 2 heterocycles. The largest absolute Gasteiger partial charge is 0.444 e. The smallest absolute Gasteiger partial charge is 0.410 e. The highest BCUT2D eigenvalue weighted by molar-refractivity contribution is 6.06. The first kappa shape index (κ1) is 28.5. The van der Waals surface area contributed by atoms with Gasteiger partial charge in [-0.25, -0.2) is 4.79 Å². The number of azide groups is 1. The molecule has 0 aliphatic carbocycles. The highest BCUT2D eigenvalue weighted by atomic mass is 16.6. The molecule has 0 bridgehead atoms. The molecule has 13 nitrogen and oxygen atoms in total. The molecule has 2 aliphatic rings. The zero-order valence-electron chi connectivity index (χ0n) is 21.9. The van der Waals surface area contributed by atoms with Gasteiger partial charge >= 0.3 is 6.09 Å². The summed E-state index contributed by atoms with van der Waals surface area (Å²) in [5, 5.41) is 8.60. The van der Waals surface area contributed by atoms with Crippen molar-refractivity contribution in [3.63, 3.8) is 0 Å². The summed E-state index contributed by atoms with van der Waals surface area (Å²) in [4.78, 5) is 67.7. The van der Waals surface area contributed by atoms with Crippen LogP contribution in [0, 0.1) is 0 Å². The fourth-order valence-corrected chi connectivity index (χ4v) is 4.34. The van der Waals surface area contributed by atoms with Crippen LogP contribution in [-0.2, 0) is 25.7 Å². The number of amides is 5. The minimum absolute atomic E-state index is 0.115. The van der Waals surface area contributed by atoms with E-state index in [0.717, 1.165) is 0 Å². The van der Waals surface area contributed by atoms with Crippen molar-refractivity contribution >= 4 is 35.4 Å². The topological polar surface area (TPSA) is 174 Å². The quantitative estimate of drug-likeness (QED) is 0.155. The second-order valence-corrected chi connectivity index (χ2v) is 10.2. The first-order valence-corrected chi connectivity index (χ1v) is 12.6. The molecule has 0 saturated carbocycles. The number of carbonyl (C=O) groups excluding carboxylic acids is 5. The zero-order chi connectivity index (χ0) is 27.9. The van der Waals surface area contributed by atoms with Crippen LogP contribution < -0.4 is 10.6 Å². The van der Waals surface area contributed by atoms with Gasteiger partial charge in [-0.3, -0.25) is 24.5 Å². The van der Waals surface area contributed by atoms with Crippen molar-refractivity contribution in [3.05, 3.63) is 39.8 Å². The molecular weight excluding hydrogens is 494 g/mol. The molecule has 3 rings (SSSR count). The molecule has 13 heteroatoms. The molecule has 38 heavy (non-hydrogen) atoms. The minimum atomic E-state index is -0.742. The van der Waals surface area contributed by atoms with E-state index in [4.69, 9.17) is 10.3 Å². The van der Waals surface area contributed by atoms with E-state index in [1.807, 2.05) is 0 Å². The van der Waals surface area contributed by atoms with Crippen LogP contribution >= 0.6 is 0 Å². The van der Waals surface area contributed by atoms with Gasteiger partial charge in [-0.1, -0.05) is 11.2 Å². The fourth-order valence-electron chi connectivity index (χ4n) is 4.34. The molecule has 1 saturated heterocycles. The average Bonchev–Trinajstić information content (AvgIpc) is 3.16. The molecule has 1 aromatic carbocycles. The molecule has 2 aliphatic heterocycles. The number of nitrogens with zero attached hydrogens (tertiary/aromatic N) is 5. The van der Waals surface area contributed by atoms with Crippen molar-refractivity contribution in [3.8, 4) is 0 Å². The monoisotopic (exact) mass is 527 g/mol. The molecule has 1 atom stereocenters. The second kappa shape index (κ2) is 12.4. The van der Waals surface area contributed by atoms with Crippen LogP contribution in [0.2, 0.25) is 0 Å². The van der Waals surface area contributed by atoms with E-state index in [-0.39, 0.29) is 56.6 Å². The second-order valence-electron chi connectivity index (χ2n) is 10.2. The molecule has 1 aromatic rings. The summed E-state index contributed by atoms with van der Waals surface area (Å²) >= 11 is 0. The fraction of sp³-hybridized carbons (Fsp3) is 0.560. The molecular formula is C25H33N7O6. The SMILES string of the molecule is CC(C)(C)OC(=O)N(CCCN=[N+]=[N-])CCCC(=O)Nc1cccc2c1CN(C1CCC(=O)NC1=O)C2=O. The standard InChI is InChI=1S/C25H33N7O6/c1-25(2,3)38-24(37)31(14-6-12-27-30-26)13-5-9-20(33)28-18-8-4-7-16-17(18)15-32(23(16)36)19-10-11-21(34)29-22(19)35/h4,7-8,19H,5-6,9-15H2,1-3H3,(H,28,33)(H,29,34,35). The Morgan fingerprint density at radius 2 is 1.97 bits per heavy atom. The normalized spacial score (nSPS) is 16.9. The van der Waals surface area contributed by atoms with Crippen molar-refractivity contribution in [2.24, 2.45) is 5.11 Å². The predicted molar refractivity (Wildman–Crippen MR) is 137 cm³/mol. The number of rotatable bonds is 10. The van der Waals surface area contributed by atoms with E-state index >= 15 is 0 Å². The number of benzene rings is 1. The number of piperidine rings is 1. The maximum Gasteiger partial charge on any atom is 0.410 e. The lowest BCUT2D eigenvalue weighted by Gasteiger charge is -2.29. The first-order valence-electron chi connectivity index (χ1n) is 12.6. The lowest BCUT2D eigenvalue weighted by Crippen LogP contribution is -2.52. The van der Waals surface area contributed by atoms with Gasteiger partial charge in [0.05, 0.1) is 0 Å². The highest BCUT2D eigenvalue weighted by Crippen LogP contribution is 2.32. The van der Waals surface area contributed by atoms with E-state index in [0.29, 0.717) is 36.2 Å². The van der Waals surface area contributed by atoms with Crippen molar-refractivity contribution in [2.75, 3.05) is 25.0 Å². The Bertz CT molecular complexity index is 1160. The van der Waals surface area contributed by atoms with Crippen LogP contribution in [-0.4, -0.2) is 70.8 Å². The Labute approximate surface area is 220 Å². The number of nitrogens with one attached hydrogen (secondary N) is 2. The van der Waals surface area contributed by atoms with Crippen LogP contribution in [0.1, 0.15) is 68.8 Å². The van der Waals surface area contributed by atoms with E-state index in [1.54, 1.807) is 39.0 Å². The maximum absolute atomic E-state index is 13.0. The molecule has 1 fully saturated rings. The molecule has 0 spiro atoms. The Hall–Kier alpha value is -4.12. The van der Waals surface area contributed by atoms with E-state index in [2.05, 4.69) is 20.7 Å². The van der Waals surface area contributed by atoms with Gasteiger partial charge in [0.25, 0.3) is 5.91 Å². The van der Waals surface area contributed by atoms with Gasteiger partial charge in [-0.05, 0) is 57.7 Å². The van der Waals surface area contributed by atoms with Gasteiger partial charge in [0.1, 0.15) is 11.6 Å². The first-order chi connectivity index (χ1) is 18.0. The van der Waals surface area contributed by atoms with Crippen LogP contribution in [0.4, 0.5) is 10.5 Å². The van der Waals surface area contributed by atoms with E-state index in [1.165, 1.54) is 9.80 Å². The number of ether oxygens (including phenoxy) is 1. The maximum atomic E-state index is 13.0. The third kappa shape index (κ3) is 7.45. The van der Waals surface area contributed by atoms with Gasteiger partial charge in [-0.2, -0.15) is 0 Å². The number of imide groups is 1. The average molecular weight is 528 g/mol. The number of anilines is 1. The minimum Gasteiger partial charge on any atom is -0.444 e. The van der Waals surface area contributed by atoms with E-state index < -0.39 is 23.6 Å². The summed E-state index contributed by atoms with van der Waals surface area (Å²) in [6.45, 7) is 6.27. The van der Waals surface area contributed by atoms with Crippen LogP contribution in [0.5, 0.6) is 0 Å². The van der Waals surface area contributed by atoms with Crippen LogP contribution in [0.25, 0.3) is 10.4 Å². The number of fused-ring (bicyclic) bond motifs is 1. The Morgan fingerprint density at radius 1 is 1.24 bits per heavy atom. The number of hydrogen-bond donors (Lipinski definition) is 2. The lowest BCUT2D eigenvalue weighted by molar-refractivity contribution is -0.137. The number of carbonyl (C=O) groups is 5. The third-order valence-electron chi connectivity index (χ3n) is 6.09. The van der Waals surface area contributed by atoms with Crippen molar-refractivity contribution in [1.29, 1.82) is 0 Å². The zero-order valence-corrected chi connectivity index (χ0v) is 21.9. The van der Waals surface area contributed by atoms with Gasteiger partial charge in [0.15, 0.2) is 0 Å². The third-order valence-corrected chi connectivity index (χ3v) is 6.09. The molecule has 0 aromatic heterocycles. The van der Waals surface area contributed by atoms with Crippen molar-refractivity contribution < 1.29 is 28.7 Å². The van der Waals surface area contributed by atoms with Gasteiger partial charge in [-0.15, -0.1) is 0 Å². The summed E-state index contributed by atoms with van der Waals surface area (Å²) in [7, 11) is 0. The highest BCUT2D eigenvalue weighted by Gasteiger charge is 2.40. The summed E-state index contributed by atoms with van der Waals surface area (Å²) in [5.74, 6) is -1.46. The van der Waals surface area contributed by atoms with E-state index in [9.17, 15) is 24.0 Å². The van der Waals surface area contributed by atoms with Crippen molar-refractivity contribution in [2.45, 2.75) is 71.1 Å². The molecule has 5 amide bonds. The van der Waals surface area contributed by atoms with Gasteiger partial charge < -0.3 is 19.9 Å². The molecule has 2 N–H and O–H groups in total. The van der Waals surface area contributed by atoms with Crippen LogP contribution in [0.15, 0.2) is 23.3 Å². The Kier molecular flexibility index (Phi) is 9.30. The molecule has 204 valence electrons. The summed E-state index contributed by atoms with van der Waals surface area (Å²) in [6, 6.07) is 4.26. The Balaban J connectivity index is 1.59. The molecule has 1 unspecified atom stereocenters. The summed E-state index contributed by atoms with van der Waals surface area (Å²) < 4.78 is 5.44. The lowest BCUT2D eigenvalue weighted by atomic mass is 10.0. The van der Waals surface area contributed by atoms with Gasteiger partial charge in [0.2, 0.25) is 17.7 Å². The molecule has 0 radical (unpaired) electrons. The van der Waals surface area contributed by atoms with Crippen LogP contribution in [0.3, 0.4) is 0 Å². The number of hydrogen-bond acceptors (Lipinski definition) is 7. The predicted octanol–water partition coefficient (Wildman–Crippen LogP) is 3.10. The summed E-state index contributed by atoms with van der Waals surface area (Å²) in [6.07, 6.45) is 0.845. The van der Waals surface area contributed by atoms with Gasteiger partial charge in [0, 0.05) is 60.7 Å².